The van der Waals surface area contributed by atoms with Gasteiger partial charge in [0.15, 0.2) is 11.5 Å². The Hall–Kier alpha value is -2.74. The number of anilines is 1. The van der Waals surface area contributed by atoms with Crippen molar-refractivity contribution in [1.82, 2.24) is 0 Å². The summed E-state index contributed by atoms with van der Waals surface area (Å²) in [7, 11) is 0. The predicted molar refractivity (Wildman–Crippen MR) is 92.7 cm³/mol. The molecule has 2 heterocycles. The van der Waals surface area contributed by atoms with E-state index in [1.54, 1.807) is 39.0 Å². The van der Waals surface area contributed by atoms with E-state index in [9.17, 15) is 14.7 Å². The van der Waals surface area contributed by atoms with Gasteiger partial charge in [0.05, 0.1) is 5.69 Å². The molecule has 0 fully saturated rings. The lowest BCUT2D eigenvalue weighted by Gasteiger charge is -2.19. The number of ether oxygens (including phenoxy) is 3. The molecule has 1 aliphatic rings. The zero-order chi connectivity index (χ0) is 18.2. The topological polar surface area (TPSA) is 94.1 Å². The number of benzene rings is 1. The van der Waals surface area contributed by atoms with Crippen molar-refractivity contribution in [2.24, 2.45) is 0 Å². The van der Waals surface area contributed by atoms with Crippen LogP contribution in [0.25, 0.3) is 10.4 Å². The quantitative estimate of drug-likeness (QED) is 0.849. The van der Waals surface area contributed by atoms with E-state index in [4.69, 9.17) is 14.2 Å². The SMILES string of the molecule is CC(C)(C)OC(=O)Nc1cc(-c2ccc3c(c2)OCO3)sc1C(=O)O. The van der Waals surface area contributed by atoms with Crippen LogP contribution in [0.3, 0.4) is 0 Å². The number of carbonyl (C=O) groups excluding carboxylic acids is 1. The van der Waals surface area contributed by atoms with Gasteiger partial charge in [0.2, 0.25) is 6.79 Å². The van der Waals surface area contributed by atoms with Crippen molar-refractivity contribution in [3.8, 4) is 21.9 Å². The van der Waals surface area contributed by atoms with E-state index in [0.29, 0.717) is 16.4 Å². The van der Waals surface area contributed by atoms with Gasteiger partial charge in [0.1, 0.15) is 10.5 Å². The van der Waals surface area contributed by atoms with Crippen LogP contribution in [-0.2, 0) is 4.74 Å². The zero-order valence-electron chi connectivity index (χ0n) is 13.9. The van der Waals surface area contributed by atoms with Gasteiger partial charge in [-0.05, 0) is 50.6 Å². The molecule has 0 aliphatic carbocycles. The molecule has 0 saturated carbocycles. The molecule has 0 spiro atoms. The number of rotatable bonds is 3. The highest BCUT2D eigenvalue weighted by Crippen LogP contribution is 2.40. The highest BCUT2D eigenvalue weighted by molar-refractivity contribution is 7.18. The Balaban J connectivity index is 1.90. The first-order valence-electron chi connectivity index (χ1n) is 7.50. The minimum absolute atomic E-state index is 0.0264. The van der Waals surface area contributed by atoms with E-state index in [1.165, 1.54) is 0 Å². The maximum atomic E-state index is 11.9. The lowest BCUT2D eigenvalue weighted by Crippen LogP contribution is -2.27. The molecule has 0 atom stereocenters. The van der Waals surface area contributed by atoms with Crippen molar-refractivity contribution in [1.29, 1.82) is 0 Å². The van der Waals surface area contributed by atoms with Crippen LogP contribution in [0.4, 0.5) is 10.5 Å². The van der Waals surface area contributed by atoms with Crippen molar-refractivity contribution < 1.29 is 28.9 Å². The van der Waals surface area contributed by atoms with Crippen molar-refractivity contribution in [3.05, 3.63) is 29.1 Å². The standard InChI is InChI=1S/C17H17NO6S/c1-17(2,3)24-16(21)18-10-7-13(25-14(10)15(19)20)9-4-5-11-12(6-9)23-8-22-11/h4-7H,8H2,1-3H3,(H,18,21)(H,19,20). The number of thiophene rings is 1. The minimum Gasteiger partial charge on any atom is -0.477 e. The Labute approximate surface area is 148 Å². The average Bonchev–Trinajstić information content (AvgIpc) is 3.10. The molecule has 1 aliphatic heterocycles. The fourth-order valence-corrected chi connectivity index (χ4v) is 3.20. The number of hydrogen-bond acceptors (Lipinski definition) is 6. The van der Waals surface area contributed by atoms with Gasteiger partial charge in [0.25, 0.3) is 0 Å². The molecule has 2 N–H and O–H groups in total. The highest BCUT2D eigenvalue weighted by atomic mass is 32.1. The number of nitrogens with one attached hydrogen (secondary N) is 1. The van der Waals surface area contributed by atoms with Crippen molar-refractivity contribution in [2.75, 3.05) is 12.1 Å². The van der Waals surface area contributed by atoms with E-state index in [1.807, 2.05) is 6.07 Å². The Morgan fingerprint density at radius 2 is 1.92 bits per heavy atom. The number of carboxylic acid groups (broad SMARTS) is 1. The molecule has 7 nitrogen and oxygen atoms in total. The fraction of sp³-hybridized carbons (Fsp3) is 0.294. The van der Waals surface area contributed by atoms with Crippen molar-refractivity contribution in [2.45, 2.75) is 26.4 Å². The predicted octanol–water partition coefficient (Wildman–Crippen LogP) is 4.19. The summed E-state index contributed by atoms with van der Waals surface area (Å²) in [5.41, 5.74) is 0.289. The van der Waals surface area contributed by atoms with E-state index in [0.717, 1.165) is 16.9 Å². The van der Waals surface area contributed by atoms with Crippen LogP contribution in [0.2, 0.25) is 0 Å². The molecule has 132 valence electrons. The molecule has 0 radical (unpaired) electrons. The second-order valence-corrected chi connectivity index (χ2v) is 7.41. The monoisotopic (exact) mass is 363 g/mol. The molecular formula is C17H17NO6S. The smallest absolute Gasteiger partial charge is 0.412 e. The number of carbonyl (C=O) groups is 2. The first-order valence-corrected chi connectivity index (χ1v) is 8.32. The van der Waals surface area contributed by atoms with Crippen LogP contribution in [0.5, 0.6) is 11.5 Å². The molecule has 0 unspecified atom stereocenters. The molecule has 3 rings (SSSR count). The number of hydrogen-bond donors (Lipinski definition) is 2. The molecular weight excluding hydrogens is 346 g/mol. The second kappa shape index (κ2) is 6.29. The third-order valence-corrected chi connectivity index (χ3v) is 4.39. The van der Waals surface area contributed by atoms with Gasteiger partial charge >= 0.3 is 12.1 Å². The summed E-state index contributed by atoms with van der Waals surface area (Å²) < 4.78 is 15.8. The molecule has 0 saturated heterocycles. The molecule has 2 aromatic rings. The van der Waals surface area contributed by atoms with E-state index < -0.39 is 17.7 Å². The van der Waals surface area contributed by atoms with Crippen LogP contribution in [0.1, 0.15) is 30.4 Å². The normalized spacial score (nSPS) is 12.8. The largest absolute Gasteiger partial charge is 0.477 e. The van der Waals surface area contributed by atoms with Crippen LogP contribution in [0.15, 0.2) is 24.3 Å². The lowest BCUT2D eigenvalue weighted by atomic mass is 10.1. The summed E-state index contributed by atoms with van der Waals surface area (Å²) in [6, 6.07) is 6.95. The summed E-state index contributed by atoms with van der Waals surface area (Å²) >= 11 is 1.06. The Morgan fingerprint density at radius 3 is 2.60 bits per heavy atom. The van der Waals surface area contributed by atoms with Gasteiger partial charge in [-0.3, -0.25) is 5.32 Å². The molecule has 0 bridgehead atoms. The lowest BCUT2D eigenvalue weighted by molar-refractivity contribution is 0.0636. The Morgan fingerprint density at radius 1 is 1.20 bits per heavy atom. The maximum absolute atomic E-state index is 11.9. The first kappa shape index (κ1) is 17.1. The summed E-state index contributed by atoms with van der Waals surface area (Å²) in [6.45, 7) is 5.36. The van der Waals surface area contributed by atoms with Crippen LogP contribution >= 0.6 is 11.3 Å². The van der Waals surface area contributed by atoms with Gasteiger partial charge in [0, 0.05) is 4.88 Å². The van der Waals surface area contributed by atoms with E-state index in [2.05, 4.69) is 5.32 Å². The number of aromatic carboxylic acids is 1. The van der Waals surface area contributed by atoms with Crippen LogP contribution in [-0.4, -0.2) is 29.6 Å². The summed E-state index contributed by atoms with van der Waals surface area (Å²) in [4.78, 5) is 24.1. The third kappa shape index (κ3) is 3.85. The first-order chi connectivity index (χ1) is 11.7. The number of fused-ring (bicyclic) bond motifs is 1. The molecule has 8 heteroatoms. The van der Waals surface area contributed by atoms with Crippen molar-refractivity contribution in [3.63, 3.8) is 0 Å². The second-order valence-electron chi connectivity index (χ2n) is 6.35. The van der Waals surface area contributed by atoms with Gasteiger partial charge in [-0.2, -0.15) is 0 Å². The van der Waals surface area contributed by atoms with Gasteiger partial charge in [-0.25, -0.2) is 9.59 Å². The Kier molecular flexibility index (Phi) is 4.30. The van der Waals surface area contributed by atoms with Gasteiger partial charge in [-0.1, -0.05) is 0 Å². The summed E-state index contributed by atoms with van der Waals surface area (Å²) in [6.07, 6.45) is -0.704. The van der Waals surface area contributed by atoms with Gasteiger partial charge < -0.3 is 19.3 Å². The molecule has 1 aromatic carbocycles. The van der Waals surface area contributed by atoms with Gasteiger partial charge in [-0.15, -0.1) is 11.3 Å². The van der Waals surface area contributed by atoms with Crippen LogP contribution in [0, 0.1) is 0 Å². The Bertz CT molecular complexity index is 836. The van der Waals surface area contributed by atoms with Crippen molar-refractivity contribution >= 4 is 29.1 Å². The fourth-order valence-electron chi connectivity index (χ4n) is 2.25. The van der Waals surface area contributed by atoms with Crippen LogP contribution < -0.4 is 14.8 Å². The van der Waals surface area contributed by atoms with E-state index >= 15 is 0 Å². The summed E-state index contributed by atoms with van der Waals surface area (Å²) in [5.74, 6) is 0.123. The summed E-state index contributed by atoms with van der Waals surface area (Å²) in [5, 5.41) is 11.9. The zero-order valence-corrected chi connectivity index (χ0v) is 14.7. The highest BCUT2D eigenvalue weighted by Gasteiger charge is 2.22. The molecule has 1 amide bonds. The number of carboxylic acids is 1. The third-order valence-electron chi connectivity index (χ3n) is 3.22. The van der Waals surface area contributed by atoms with E-state index in [-0.39, 0.29) is 17.4 Å². The maximum Gasteiger partial charge on any atom is 0.412 e. The average molecular weight is 363 g/mol. The molecule has 1 aromatic heterocycles. The minimum atomic E-state index is -1.12. The molecule has 25 heavy (non-hydrogen) atoms. The number of amides is 1.